The molecule has 0 saturated carbocycles. The number of ketones is 1. The summed E-state index contributed by atoms with van der Waals surface area (Å²) < 4.78 is 10.8. The van der Waals surface area contributed by atoms with Crippen LogP contribution < -0.4 is 15.2 Å². The number of anilines is 1. The molecule has 0 aromatic heterocycles. The van der Waals surface area contributed by atoms with Crippen LogP contribution in [0.2, 0.25) is 0 Å². The maximum Gasteiger partial charge on any atom is 0.162 e. The fourth-order valence-electron chi connectivity index (χ4n) is 1.85. The van der Waals surface area contributed by atoms with Crippen LogP contribution in [0.3, 0.4) is 0 Å². The van der Waals surface area contributed by atoms with Crippen molar-refractivity contribution in [3.05, 3.63) is 47.5 Å². The Morgan fingerprint density at radius 2 is 1.86 bits per heavy atom. The number of carbonyl (C=O) groups excluding carboxylic acids is 1. The maximum absolute atomic E-state index is 11.5. The number of ether oxygens (including phenoxy) is 2. The Balaban J connectivity index is 2.36. The quantitative estimate of drug-likeness (QED) is 0.687. The molecule has 0 saturated heterocycles. The van der Waals surface area contributed by atoms with E-state index in [-0.39, 0.29) is 5.78 Å². The van der Waals surface area contributed by atoms with Gasteiger partial charge in [0.1, 0.15) is 17.2 Å². The predicted octanol–water partition coefficient (Wildman–Crippen LogP) is 3.14. The van der Waals surface area contributed by atoms with E-state index in [1.54, 1.807) is 36.4 Å². The molecule has 2 aromatic carbocycles. The van der Waals surface area contributed by atoms with Crippen molar-refractivity contribution in [3.8, 4) is 23.3 Å². The van der Waals surface area contributed by atoms with E-state index >= 15 is 0 Å². The minimum atomic E-state index is -0.138. The fraction of sp³-hybridized carbons (Fsp3) is 0.125. The van der Waals surface area contributed by atoms with Gasteiger partial charge in [0.2, 0.25) is 0 Å². The molecule has 5 heteroatoms. The average Bonchev–Trinajstić information content (AvgIpc) is 2.48. The van der Waals surface area contributed by atoms with Crippen LogP contribution in [0.5, 0.6) is 17.2 Å². The summed E-state index contributed by atoms with van der Waals surface area (Å²) >= 11 is 0. The molecule has 2 N–H and O–H groups in total. The van der Waals surface area contributed by atoms with Crippen LogP contribution in [0.15, 0.2) is 36.4 Å². The third-order valence-corrected chi connectivity index (χ3v) is 2.88. The molecule has 106 valence electrons. The highest BCUT2D eigenvalue weighted by Crippen LogP contribution is 2.29. The van der Waals surface area contributed by atoms with E-state index in [1.807, 2.05) is 6.07 Å². The standard InChI is InChI=1S/C16H14N2O3/c1-10(19)15-8-12(3-4-16(15)18)21-14-6-11(9-17)5-13(7-14)20-2/h3-8H,18H2,1-2H3. The predicted molar refractivity (Wildman–Crippen MR) is 78.6 cm³/mol. The Kier molecular flexibility index (Phi) is 4.10. The topological polar surface area (TPSA) is 85.3 Å². The van der Waals surface area contributed by atoms with Crippen LogP contribution in [-0.4, -0.2) is 12.9 Å². The lowest BCUT2D eigenvalue weighted by molar-refractivity contribution is 0.101. The molecule has 0 unspecified atom stereocenters. The number of benzene rings is 2. The van der Waals surface area contributed by atoms with Crippen LogP contribution in [-0.2, 0) is 0 Å². The lowest BCUT2D eigenvalue weighted by Crippen LogP contribution is -2.00. The SMILES string of the molecule is COc1cc(C#N)cc(Oc2ccc(N)c(C(C)=O)c2)c1. The Bertz CT molecular complexity index is 733. The zero-order valence-corrected chi connectivity index (χ0v) is 11.7. The average molecular weight is 282 g/mol. The van der Waals surface area contributed by atoms with Gasteiger partial charge in [0.05, 0.1) is 18.7 Å². The van der Waals surface area contributed by atoms with E-state index in [2.05, 4.69) is 0 Å². The molecule has 0 amide bonds. The van der Waals surface area contributed by atoms with E-state index in [0.29, 0.717) is 34.1 Å². The van der Waals surface area contributed by atoms with Gasteiger partial charge < -0.3 is 15.2 Å². The van der Waals surface area contributed by atoms with E-state index < -0.39 is 0 Å². The first-order valence-corrected chi connectivity index (χ1v) is 6.21. The number of nitrogen functional groups attached to an aromatic ring is 1. The van der Waals surface area contributed by atoms with Crippen LogP contribution in [0.4, 0.5) is 5.69 Å². The number of Topliss-reactive ketones (excluding diaryl/α,β-unsaturated/α-hetero) is 1. The second kappa shape index (κ2) is 5.97. The third kappa shape index (κ3) is 3.31. The highest BCUT2D eigenvalue weighted by molar-refractivity contribution is 5.99. The number of nitrogens with zero attached hydrogens (tertiary/aromatic N) is 1. The first kappa shape index (κ1) is 14.4. The molecule has 2 aromatic rings. The fourth-order valence-corrected chi connectivity index (χ4v) is 1.85. The molecule has 0 spiro atoms. The summed E-state index contributed by atoms with van der Waals surface area (Å²) in [5.41, 5.74) is 6.96. The summed E-state index contributed by atoms with van der Waals surface area (Å²) in [6.45, 7) is 1.44. The molecule has 0 radical (unpaired) electrons. The number of methoxy groups -OCH3 is 1. The van der Waals surface area contributed by atoms with Crippen molar-refractivity contribution in [2.24, 2.45) is 0 Å². The van der Waals surface area contributed by atoms with Gasteiger partial charge in [-0.3, -0.25) is 4.79 Å². The summed E-state index contributed by atoms with van der Waals surface area (Å²) in [4.78, 5) is 11.5. The molecule has 5 nitrogen and oxygen atoms in total. The number of carbonyl (C=O) groups is 1. The van der Waals surface area contributed by atoms with Crippen molar-refractivity contribution < 1.29 is 14.3 Å². The zero-order valence-electron chi connectivity index (χ0n) is 11.7. The Hall–Kier alpha value is -3.00. The largest absolute Gasteiger partial charge is 0.497 e. The van der Waals surface area contributed by atoms with E-state index in [4.69, 9.17) is 20.5 Å². The number of nitrogens with two attached hydrogens (primary N) is 1. The van der Waals surface area contributed by atoms with Crippen LogP contribution in [0.1, 0.15) is 22.8 Å². The van der Waals surface area contributed by atoms with Crippen molar-refractivity contribution in [1.29, 1.82) is 5.26 Å². The number of rotatable bonds is 4. The minimum absolute atomic E-state index is 0.138. The van der Waals surface area contributed by atoms with Crippen LogP contribution in [0.25, 0.3) is 0 Å². The Labute approximate surface area is 122 Å². The molecule has 0 bridgehead atoms. The van der Waals surface area contributed by atoms with Crippen molar-refractivity contribution in [1.82, 2.24) is 0 Å². The number of hydrogen-bond acceptors (Lipinski definition) is 5. The van der Waals surface area contributed by atoms with E-state index in [9.17, 15) is 4.79 Å². The monoisotopic (exact) mass is 282 g/mol. The third-order valence-electron chi connectivity index (χ3n) is 2.88. The molecule has 21 heavy (non-hydrogen) atoms. The first-order valence-electron chi connectivity index (χ1n) is 6.21. The molecule has 0 aliphatic carbocycles. The summed E-state index contributed by atoms with van der Waals surface area (Å²) in [6.07, 6.45) is 0. The zero-order chi connectivity index (χ0) is 15.4. The second-order valence-corrected chi connectivity index (χ2v) is 4.42. The Morgan fingerprint density at radius 1 is 1.14 bits per heavy atom. The van der Waals surface area contributed by atoms with E-state index in [1.165, 1.54) is 14.0 Å². The molecule has 0 heterocycles. The lowest BCUT2D eigenvalue weighted by Gasteiger charge is -2.10. The van der Waals surface area contributed by atoms with Gasteiger partial charge in [0, 0.05) is 17.3 Å². The van der Waals surface area contributed by atoms with Crippen molar-refractivity contribution in [2.75, 3.05) is 12.8 Å². The van der Waals surface area contributed by atoms with Gasteiger partial charge in [-0.15, -0.1) is 0 Å². The van der Waals surface area contributed by atoms with Gasteiger partial charge in [-0.1, -0.05) is 0 Å². The molecule has 0 aliphatic rings. The molecular weight excluding hydrogens is 268 g/mol. The van der Waals surface area contributed by atoms with Crippen molar-refractivity contribution in [3.63, 3.8) is 0 Å². The smallest absolute Gasteiger partial charge is 0.162 e. The number of hydrogen-bond donors (Lipinski definition) is 1. The van der Waals surface area contributed by atoms with Gasteiger partial charge in [0.15, 0.2) is 5.78 Å². The normalized spacial score (nSPS) is 9.76. The lowest BCUT2D eigenvalue weighted by atomic mass is 10.1. The highest BCUT2D eigenvalue weighted by Gasteiger charge is 2.08. The minimum Gasteiger partial charge on any atom is -0.497 e. The summed E-state index contributed by atoms with van der Waals surface area (Å²) in [7, 11) is 1.51. The second-order valence-electron chi connectivity index (χ2n) is 4.42. The first-order chi connectivity index (χ1) is 10.0. The molecule has 0 atom stereocenters. The van der Waals surface area contributed by atoms with Crippen LogP contribution >= 0.6 is 0 Å². The molecule has 2 rings (SSSR count). The van der Waals surface area contributed by atoms with Gasteiger partial charge in [0.25, 0.3) is 0 Å². The molecule has 0 fully saturated rings. The summed E-state index contributed by atoms with van der Waals surface area (Å²) in [5, 5.41) is 8.98. The van der Waals surface area contributed by atoms with Gasteiger partial charge in [-0.25, -0.2) is 0 Å². The summed E-state index contributed by atoms with van der Waals surface area (Å²) in [6, 6.07) is 11.7. The van der Waals surface area contributed by atoms with Gasteiger partial charge in [-0.2, -0.15) is 5.26 Å². The molecule has 0 aliphatic heterocycles. The van der Waals surface area contributed by atoms with Crippen LogP contribution in [0, 0.1) is 11.3 Å². The van der Waals surface area contributed by atoms with Crippen molar-refractivity contribution >= 4 is 11.5 Å². The van der Waals surface area contributed by atoms with Gasteiger partial charge >= 0.3 is 0 Å². The van der Waals surface area contributed by atoms with Crippen molar-refractivity contribution in [2.45, 2.75) is 6.92 Å². The number of nitriles is 1. The van der Waals surface area contributed by atoms with E-state index in [0.717, 1.165) is 0 Å². The molecular formula is C16H14N2O3. The maximum atomic E-state index is 11.5. The highest BCUT2D eigenvalue weighted by atomic mass is 16.5. The van der Waals surface area contributed by atoms with Gasteiger partial charge in [-0.05, 0) is 37.3 Å². The summed E-state index contributed by atoms with van der Waals surface area (Å²) in [5.74, 6) is 1.30. The Morgan fingerprint density at radius 3 is 2.48 bits per heavy atom.